The van der Waals surface area contributed by atoms with Crippen LogP contribution in [0.25, 0.3) is 22.2 Å². The smallest absolute Gasteiger partial charge is 0.317 e. The fraction of sp³-hybridized carbons (Fsp3) is 0.409. The van der Waals surface area contributed by atoms with Crippen molar-refractivity contribution >= 4 is 16.9 Å². The van der Waals surface area contributed by atoms with Gasteiger partial charge in [0.25, 0.3) is 0 Å². The lowest BCUT2D eigenvalue weighted by atomic mass is 9.76. The van der Waals surface area contributed by atoms with Crippen LogP contribution < -0.4 is 5.32 Å². The first-order valence-corrected chi connectivity index (χ1v) is 10.0. The first-order chi connectivity index (χ1) is 13.8. The van der Waals surface area contributed by atoms with Crippen LogP contribution >= 0.6 is 0 Å². The molecule has 2 N–H and O–H groups in total. The number of nitrogens with one attached hydrogen (secondary N) is 1. The molecule has 1 saturated heterocycles. The normalized spacial score (nSPS) is 17.4. The highest BCUT2D eigenvalue weighted by atomic mass is 16.3. The van der Waals surface area contributed by atoms with E-state index < -0.39 is 5.60 Å². The summed E-state index contributed by atoms with van der Waals surface area (Å²) in [4.78, 5) is 18.7. The number of urea groups is 1. The van der Waals surface area contributed by atoms with Gasteiger partial charge >= 0.3 is 6.03 Å². The van der Waals surface area contributed by atoms with Gasteiger partial charge in [-0.2, -0.15) is 5.10 Å². The zero-order valence-electron chi connectivity index (χ0n) is 16.7. The number of aliphatic hydroxyl groups is 1. The van der Waals surface area contributed by atoms with E-state index >= 15 is 0 Å². The topological polar surface area (TPSA) is 83.3 Å². The number of pyridine rings is 1. The van der Waals surface area contributed by atoms with Gasteiger partial charge in [0, 0.05) is 54.4 Å². The van der Waals surface area contributed by atoms with Crippen molar-refractivity contribution in [2.75, 3.05) is 19.6 Å². The summed E-state index contributed by atoms with van der Waals surface area (Å²) in [5, 5.41) is 18.5. The molecule has 2 amide bonds. The summed E-state index contributed by atoms with van der Waals surface area (Å²) in [5.41, 5.74) is 3.20. The number of fused-ring (bicyclic) bond motifs is 3. The summed E-state index contributed by atoms with van der Waals surface area (Å²) in [6, 6.07) is 12.2. The van der Waals surface area contributed by atoms with Crippen molar-refractivity contribution in [1.29, 1.82) is 0 Å². The monoisotopic (exact) mass is 391 g/mol. The molecule has 0 aliphatic carbocycles. The number of amides is 2. The number of carbonyl (C=O) groups excluding carboxylic acids is 1. The second-order valence-electron chi connectivity index (χ2n) is 8.91. The number of hydrogen-bond acceptors (Lipinski definition) is 4. The summed E-state index contributed by atoms with van der Waals surface area (Å²) in [7, 11) is 0. The largest absolute Gasteiger partial charge is 0.389 e. The maximum Gasteiger partial charge on any atom is 0.317 e. The van der Waals surface area contributed by atoms with Crippen molar-refractivity contribution in [3.63, 3.8) is 0 Å². The molecule has 0 atom stereocenters. The molecule has 0 radical (unpaired) electrons. The van der Waals surface area contributed by atoms with Crippen molar-refractivity contribution < 1.29 is 9.90 Å². The van der Waals surface area contributed by atoms with Crippen LogP contribution in [0.15, 0.2) is 42.6 Å². The van der Waals surface area contributed by atoms with Crippen LogP contribution in [0.4, 0.5) is 4.79 Å². The molecule has 150 valence electrons. The molecule has 0 saturated carbocycles. The number of rotatable bonds is 3. The van der Waals surface area contributed by atoms with Gasteiger partial charge in [0.1, 0.15) is 0 Å². The molecule has 4 heterocycles. The van der Waals surface area contributed by atoms with E-state index in [1.807, 2.05) is 29.3 Å². The summed E-state index contributed by atoms with van der Waals surface area (Å²) in [5.74, 6) is 0. The van der Waals surface area contributed by atoms with Crippen molar-refractivity contribution in [3.05, 3.63) is 48.3 Å². The van der Waals surface area contributed by atoms with Crippen molar-refractivity contribution in [3.8, 4) is 11.3 Å². The molecule has 5 rings (SSSR count). The molecular formula is C22H25N5O2. The van der Waals surface area contributed by atoms with Crippen LogP contribution in [0, 0.1) is 0 Å². The number of para-hydroxylation sites is 1. The predicted octanol–water partition coefficient (Wildman–Crippen LogP) is 2.54. The van der Waals surface area contributed by atoms with Gasteiger partial charge in [-0.05, 0) is 38.5 Å². The Morgan fingerprint density at radius 2 is 2.07 bits per heavy atom. The van der Waals surface area contributed by atoms with Gasteiger partial charge in [-0.25, -0.2) is 4.79 Å². The van der Waals surface area contributed by atoms with Crippen LogP contribution in [0.2, 0.25) is 0 Å². The highest BCUT2D eigenvalue weighted by molar-refractivity contribution is 5.83. The van der Waals surface area contributed by atoms with E-state index in [2.05, 4.69) is 33.2 Å². The van der Waals surface area contributed by atoms with E-state index in [1.165, 1.54) is 5.69 Å². The Morgan fingerprint density at radius 3 is 2.86 bits per heavy atom. The Hall–Kier alpha value is -2.93. The third-order valence-corrected chi connectivity index (χ3v) is 5.96. The highest BCUT2D eigenvalue weighted by Crippen LogP contribution is 2.43. The number of aromatic nitrogens is 3. The molecule has 2 aromatic heterocycles. The van der Waals surface area contributed by atoms with Crippen LogP contribution in [-0.2, 0) is 12.0 Å². The minimum Gasteiger partial charge on any atom is -0.389 e. The molecule has 1 spiro atoms. The van der Waals surface area contributed by atoms with Gasteiger partial charge in [0.2, 0.25) is 0 Å². The minimum atomic E-state index is -0.910. The number of likely N-dealkylation sites (tertiary alicyclic amines) is 1. The molecule has 7 heteroatoms. The quantitative estimate of drug-likeness (QED) is 0.719. The lowest BCUT2D eigenvalue weighted by Gasteiger charge is -2.47. The second-order valence-corrected chi connectivity index (χ2v) is 8.91. The van der Waals surface area contributed by atoms with Gasteiger partial charge in [0.15, 0.2) is 0 Å². The van der Waals surface area contributed by atoms with Crippen LogP contribution in [-0.4, -0.2) is 56.0 Å². The molecule has 2 aliphatic rings. The maximum absolute atomic E-state index is 12.3. The SMILES string of the molecule is CC(C)(O)CNC(=O)N1CC2(CCn3nc(-c4cnc5ccccc5c4)cc32)C1. The molecule has 1 fully saturated rings. The number of benzene rings is 1. The Balaban J connectivity index is 1.34. The number of carbonyl (C=O) groups is 1. The first kappa shape index (κ1) is 18.1. The Labute approximate surface area is 169 Å². The van der Waals surface area contributed by atoms with Crippen LogP contribution in [0.5, 0.6) is 0 Å². The van der Waals surface area contributed by atoms with Gasteiger partial charge in [-0.3, -0.25) is 9.67 Å². The minimum absolute atomic E-state index is 0.0123. The zero-order valence-corrected chi connectivity index (χ0v) is 16.7. The molecule has 0 unspecified atom stereocenters. The standard InChI is InChI=1S/C22H25N5O2/c1-21(2,29)12-24-20(28)26-13-22(14-26)7-8-27-19(22)10-18(25-27)16-9-15-5-3-4-6-17(15)23-11-16/h3-6,9-11,29H,7-8,12-14H2,1-2H3,(H,24,28). The summed E-state index contributed by atoms with van der Waals surface area (Å²) >= 11 is 0. The summed E-state index contributed by atoms with van der Waals surface area (Å²) in [6.07, 6.45) is 2.88. The van der Waals surface area contributed by atoms with Gasteiger partial charge in [-0.15, -0.1) is 0 Å². The van der Waals surface area contributed by atoms with Crippen molar-refractivity contribution in [1.82, 2.24) is 25.0 Å². The molecule has 3 aromatic rings. The Bertz CT molecular complexity index is 1090. The Morgan fingerprint density at radius 1 is 1.28 bits per heavy atom. The predicted molar refractivity (Wildman–Crippen MR) is 111 cm³/mol. The molecule has 0 bridgehead atoms. The Kier molecular flexibility index (Phi) is 3.93. The maximum atomic E-state index is 12.3. The number of aryl methyl sites for hydroxylation is 1. The number of nitrogens with zero attached hydrogens (tertiary/aromatic N) is 4. The third kappa shape index (κ3) is 3.15. The van der Waals surface area contributed by atoms with Gasteiger partial charge < -0.3 is 15.3 Å². The number of hydrogen-bond donors (Lipinski definition) is 2. The van der Waals surface area contributed by atoms with Crippen molar-refractivity contribution in [2.45, 2.75) is 37.8 Å². The molecular weight excluding hydrogens is 366 g/mol. The molecule has 29 heavy (non-hydrogen) atoms. The lowest BCUT2D eigenvalue weighted by Crippen LogP contribution is -2.63. The van der Waals surface area contributed by atoms with Crippen LogP contribution in [0.3, 0.4) is 0 Å². The highest BCUT2D eigenvalue weighted by Gasteiger charge is 2.51. The van der Waals surface area contributed by atoms with E-state index in [0.717, 1.165) is 35.1 Å². The zero-order chi connectivity index (χ0) is 20.2. The van der Waals surface area contributed by atoms with Crippen molar-refractivity contribution in [2.24, 2.45) is 0 Å². The van der Waals surface area contributed by atoms with Gasteiger partial charge in [-0.1, -0.05) is 18.2 Å². The average molecular weight is 391 g/mol. The van der Waals surface area contributed by atoms with E-state index in [-0.39, 0.29) is 18.0 Å². The molecule has 2 aliphatic heterocycles. The van der Waals surface area contributed by atoms with Crippen LogP contribution in [0.1, 0.15) is 26.0 Å². The molecule has 1 aromatic carbocycles. The summed E-state index contributed by atoms with van der Waals surface area (Å²) < 4.78 is 2.08. The summed E-state index contributed by atoms with van der Waals surface area (Å²) in [6.45, 7) is 5.85. The average Bonchev–Trinajstić information content (AvgIpc) is 3.23. The first-order valence-electron chi connectivity index (χ1n) is 10.0. The second kappa shape index (κ2) is 6.29. The fourth-order valence-corrected chi connectivity index (χ4v) is 4.37. The van der Waals surface area contributed by atoms with E-state index in [1.54, 1.807) is 13.8 Å². The molecule has 7 nitrogen and oxygen atoms in total. The third-order valence-electron chi connectivity index (χ3n) is 5.96. The van der Waals surface area contributed by atoms with E-state index in [4.69, 9.17) is 5.10 Å². The fourth-order valence-electron chi connectivity index (χ4n) is 4.37. The van der Waals surface area contributed by atoms with E-state index in [0.29, 0.717) is 13.1 Å². The lowest BCUT2D eigenvalue weighted by molar-refractivity contribution is 0.0663. The van der Waals surface area contributed by atoms with E-state index in [9.17, 15) is 9.90 Å². The van der Waals surface area contributed by atoms with Gasteiger partial charge in [0.05, 0.1) is 16.8 Å².